The van der Waals surface area contributed by atoms with E-state index in [1.165, 1.54) is 4.57 Å². The van der Waals surface area contributed by atoms with E-state index in [4.69, 9.17) is 10.2 Å². The molecule has 5 rings (SSSR count). The van der Waals surface area contributed by atoms with Crippen molar-refractivity contribution in [2.45, 2.75) is 25.3 Å². The molecule has 164 valence electrons. The van der Waals surface area contributed by atoms with Gasteiger partial charge in [-0.15, -0.1) is 0 Å². The summed E-state index contributed by atoms with van der Waals surface area (Å²) in [7, 11) is 1.68. The van der Waals surface area contributed by atoms with Gasteiger partial charge in [-0.1, -0.05) is 0 Å². The van der Waals surface area contributed by atoms with Crippen LogP contribution in [0.25, 0.3) is 28.1 Å². The third-order valence-corrected chi connectivity index (χ3v) is 6.14. The van der Waals surface area contributed by atoms with Crippen LogP contribution in [0.1, 0.15) is 30.9 Å². The highest BCUT2D eigenvalue weighted by Gasteiger charge is 2.27. The minimum absolute atomic E-state index is 0.121. The summed E-state index contributed by atoms with van der Waals surface area (Å²) >= 11 is 0. The number of aryl methyl sites for hydroxylation is 1. The number of nitrogens with zero attached hydrogens (tertiary/aromatic N) is 9. The van der Waals surface area contributed by atoms with Crippen molar-refractivity contribution in [1.82, 2.24) is 33.6 Å². The molecule has 0 spiro atoms. The maximum absolute atomic E-state index is 13.1. The molecule has 0 saturated carbocycles. The molecule has 0 aliphatic carbocycles. The number of aromatic nitrogens is 6. The SMILES string of the molecule is Cn1c(=O)n(C2CCN(C(=O)CC#N)CC2)c2nc(-c3cnn4ccc(C#N)cc34)ncc21. The maximum Gasteiger partial charge on any atom is 0.330 e. The number of amides is 1. The zero-order valence-electron chi connectivity index (χ0n) is 17.8. The number of imidazole rings is 1. The lowest BCUT2D eigenvalue weighted by Crippen LogP contribution is -2.40. The Morgan fingerprint density at radius 2 is 2.00 bits per heavy atom. The number of hydrogen-bond acceptors (Lipinski definition) is 7. The first-order valence-corrected chi connectivity index (χ1v) is 10.5. The highest BCUT2D eigenvalue weighted by atomic mass is 16.2. The Kier molecular flexibility index (Phi) is 4.87. The van der Waals surface area contributed by atoms with E-state index < -0.39 is 0 Å². The molecule has 1 fully saturated rings. The second-order valence-corrected chi connectivity index (χ2v) is 7.98. The average molecular weight is 441 g/mol. The molecule has 1 aliphatic heterocycles. The predicted octanol–water partition coefficient (Wildman–Crippen LogP) is 1.39. The molecular formula is C22H19N9O2. The number of fused-ring (bicyclic) bond motifs is 2. The predicted molar refractivity (Wildman–Crippen MR) is 117 cm³/mol. The fourth-order valence-corrected chi connectivity index (χ4v) is 4.37. The summed E-state index contributed by atoms with van der Waals surface area (Å²) in [4.78, 5) is 36.0. The zero-order valence-corrected chi connectivity index (χ0v) is 17.8. The maximum atomic E-state index is 13.1. The van der Waals surface area contributed by atoms with Crippen LogP contribution in [-0.2, 0) is 11.8 Å². The molecule has 1 saturated heterocycles. The summed E-state index contributed by atoms with van der Waals surface area (Å²) in [5, 5.41) is 22.3. The van der Waals surface area contributed by atoms with Crippen molar-refractivity contribution in [1.29, 1.82) is 10.5 Å². The van der Waals surface area contributed by atoms with E-state index in [2.05, 4.69) is 16.2 Å². The van der Waals surface area contributed by atoms with Crippen LogP contribution in [0, 0.1) is 22.7 Å². The first-order chi connectivity index (χ1) is 16.0. The number of carbonyl (C=O) groups is 1. The standard InChI is InChI=1S/C22H19N9O2/c1-28-18-13-25-20(16-12-26-30-9-3-14(11-24)10-17(16)30)27-21(18)31(22(28)33)15-4-7-29(8-5-15)19(32)2-6-23/h3,9-10,12-13,15H,2,4-5,7-8H2,1H3. The molecule has 4 aromatic rings. The summed E-state index contributed by atoms with van der Waals surface area (Å²) in [6.45, 7) is 0.966. The Morgan fingerprint density at radius 1 is 1.21 bits per heavy atom. The Morgan fingerprint density at radius 3 is 2.73 bits per heavy atom. The van der Waals surface area contributed by atoms with Crippen molar-refractivity contribution in [3.8, 4) is 23.5 Å². The molecule has 0 N–H and O–H groups in total. The number of nitriles is 2. The third kappa shape index (κ3) is 3.31. The topological polar surface area (TPSA) is 138 Å². The number of likely N-dealkylation sites (tertiary alicyclic amines) is 1. The van der Waals surface area contributed by atoms with E-state index in [0.29, 0.717) is 59.6 Å². The molecule has 4 aromatic heterocycles. The second kappa shape index (κ2) is 7.88. The van der Waals surface area contributed by atoms with Gasteiger partial charge in [-0.2, -0.15) is 15.6 Å². The van der Waals surface area contributed by atoms with Crippen LogP contribution in [0.5, 0.6) is 0 Å². The first kappa shape index (κ1) is 20.4. The minimum Gasteiger partial charge on any atom is -0.342 e. The molecule has 0 radical (unpaired) electrons. The van der Waals surface area contributed by atoms with Crippen LogP contribution in [-0.4, -0.2) is 52.6 Å². The van der Waals surface area contributed by atoms with Crippen LogP contribution in [0.2, 0.25) is 0 Å². The van der Waals surface area contributed by atoms with Gasteiger partial charge in [0.05, 0.1) is 41.2 Å². The summed E-state index contributed by atoms with van der Waals surface area (Å²) in [5.41, 5.74) is 2.80. The Hall–Kier alpha value is -4.51. The van der Waals surface area contributed by atoms with Crippen molar-refractivity contribution in [2.75, 3.05) is 13.1 Å². The lowest BCUT2D eigenvalue weighted by molar-refractivity contribution is -0.131. The van der Waals surface area contributed by atoms with Gasteiger partial charge in [0.25, 0.3) is 0 Å². The summed E-state index contributed by atoms with van der Waals surface area (Å²) in [5.74, 6) is 0.226. The van der Waals surface area contributed by atoms with Gasteiger partial charge < -0.3 is 4.90 Å². The Bertz CT molecular complexity index is 1540. The van der Waals surface area contributed by atoms with Gasteiger partial charge in [0.15, 0.2) is 11.5 Å². The van der Waals surface area contributed by atoms with Gasteiger partial charge in [-0.3, -0.25) is 13.9 Å². The van der Waals surface area contributed by atoms with E-state index in [0.717, 1.165) is 0 Å². The first-order valence-electron chi connectivity index (χ1n) is 10.5. The van der Waals surface area contributed by atoms with Crippen LogP contribution in [0.15, 0.2) is 35.5 Å². The Balaban J connectivity index is 1.56. The highest BCUT2D eigenvalue weighted by molar-refractivity contribution is 5.80. The smallest absolute Gasteiger partial charge is 0.330 e. The monoisotopic (exact) mass is 441 g/mol. The largest absolute Gasteiger partial charge is 0.342 e. The molecule has 0 unspecified atom stereocenters. The van der Waals surface area contributed by atoms with E-state index >= 15 is 0 Å². The van der Waals surface area contributed by atoms with E-state index in [1.54, 1.807) is 51.8 Å². The number of piperidine rings is 1. The van der Waals surface area contributed by atoms with Gasteiger partial charge in [-0.05, 0) is 25.0 Å². The number of rotatable bonds is 3. The lowest BCUT2D eigenvalue weighted by atomic mass is 10.0. The minimum atomic E-state index is -0.190. The van der Waals surface area contributed by atoms with Crippen LogP contribution < -0.4 is 5.69 Å². The number of pyridine rings is 1. The van der Waals surface area contributed by atoms with Crippen LogP contribution in [0.4, 0.5) is 0 Å². The van der Waals surface area contributed by atoms with Crippen molar-refractivity contribution < 1.29 is 4.79 Å². The molecule has 5 heterocycles. The summed E-state index contributed by atoms with van der Waals surface area (Å²) in [6, 6.07) is 7.30. The van der Waals surface area contributed by atoms with E-state index in [9.17, 15) is 14.9 Å². The number of hydrogen-bond donors (Lipinski definition) is 0. The van der Waals surface area contributed by atoms with Crippen molar-refractivity contribution >= 4 is 22.6 Å². The number of carbonyl (C=O) groups excluding carboxylic acids is 1. The quantitative estimate of drug-likeness (QED) is 0.468. The molecule has 1 aliphatic rings. The molecule has 11 nitrogen and oxygen atoms in total. The normalized spacial score (nSPS) is 14.5. The molecule has 11 heteroatoms. The van der Waals surface area contributed by atoms with Crippen molar-refractivity contribution in [3.63, 3.8) is 0 Å². The van der Waals surface area contributed by atoms with Gasteiger partial charge in [0, 0.05) is 32.4 Å². The van der Waals surface area contributed by atoms with E-state index in [-0.39, 0.29) is 24.1 Å². The molecule has 0 atom stereocenters. The van der Waals surface area contributed by atoms with Gasteiger partial charge in [0.1, 0.15) is 11.9 Å². The van der Waals surface area contributed by atoms with Gasteiger partial charge in [-0.25, -0.2) is 19.3 Å². The van der Waals surface area contributed by atoms with Gasteiger partial charge in [0.2, 0.25) is 5.91 Å². The second-order valence-electron chi connectivity index (χ2n) is 7.98. The van der Waals surface area contributed by atoms with Crippen LogP contribution >= 0.6 is 0 Å². The third-order valence-electron chi connectivity index (χ3n) is 6.14. The fraction of sp³-hybridized carbons (Fsp3) is 0.318. The molecule has 33 heavy (non-hydrogen) atoms. The highest BCUT2D eigenvalue weighted by Crippen LogP contribution is 2.27. The van der Waals surface area contributed by atoms with Crippen molar-refractivity contribution in [3.05, 3.63) is 46.8 Å². The zero-order chi connectivity index (χ0) is 23.1. The van der Waals surface area contributed by atoms with Crippen molar-refractivity contribution in [2.24, 2.45) is 7.05 Å². The summed E-state index contributed by atoms with van der Waals surface area (Å²) < 4.78 is 4.85. The van der Waals surface area contributed by atoms with Crippen LogP contribution in [0.3, 0.4) is 0 Å². The molecule has 1 amide bonds. The fourth-order valence-electron chi connectivity index (χ4n) is 4.37. The molecule has 0 aromatic carbocycles. The Labute approximate surface area is 187 Å². The van der Waals surface area contributed by atoms with E-state index in [1.807, 2.05) is 6.07 Å². The van der Waals surface area contributed by atoms with Gasteiger partial charge >= 0.3 is 5.69 Å². The average Bonchev–Trinajstić information content (AvgIpc) is 3.37. The lowest BCUT2D eigenvalue weighted by Gasteiger charge is -2.32. The molecular weight excluding hydrogens is 422 g/mol. The molecule has 0 bridgehead atoms. The summed E-state index contributed by atoms with van der Waals surface area (Å²) in [6.07, 6.45) is 6.02.